The molecular weight excluding hydrogens is 407 g/mol. The lowest BCUT2D eigenvalue weighted by Gasteiger charge is -2.31. The number of nitrogens with zero attached hydrogens (tertiary/aromatic N) is 1. The molecule has 4 nitrogen and oxygen atoms in total. The maximum absolute atomic E-state index is 12.5. The van der Waals surface area contributed by atoms with Gasteiger partial charge in [0.15, 0.2) is 0 Å². The zero-order valence-corrected chi connectivity index (χ0v) is 18.3. The van der Waals surface area contributed by atoms with E-state index in [2.05, 4.69) is 22.3 Å². The quantitative estimate of drug-likeness (QED) is 0.596. The summed E-state index contributed by atoms with van der Waals surface area (Å²) in [5, 5.41) is 4.51. The molecule has 1 fully saturated rings. The number of carbonyl (C=O) groups excluding carboxylic acids is 1. The van der Waals surface area contributed by atoms with Crippen molar-refractivity contribution in [3.63, 3.8) is 0 Å². The second kappa shape index (κ2) is 10.9. The van der Waals surface area contributed by atoms with Gasteiger partial charge in [0.25, 0.3) is 0 Å². The first-order chi connectivity index (χ1) is 14.1. The van der Waals surface area contributed by atoms with Crippen LogP contribution in [0.3, 0.4) is 0 Å². The lowest BCUT2D eigenvalue weighted by Crippen LogP contribution is -2.40. The summed E-state index contributed by atoms with van der Waals surface area (Å²) in [5.41, 5.74) is 2.23. The van der Waals surface area contributed by atoms with E-state index in [1.165, 1.54) is 5.56 Å². The molecule has 0 unspecified atom stereocenters. The van der Waals surface area contributed by atoms with Crippen molar-refractivity contribution < 1.29 is 9.53 Å². The first kappa shape index (κ1) is 21.9. The number of rotatable bonds is 8. The van der Waals surface area contributed by atoms with Gasteiger partial charge in [-0.2, -0.15) is 0 Å². The highest BCUT2D eigenvalue weighted by atomic mass is 35.5. The summed E-state index contributed by atoms with van der Waals surface area (Å²) >= 11 is 12.6. The monoisotopic (exact) mass is 434 g/mol. The molecule has 1 heterocycles. The maximum atomic E-state index is 12.5. The van der Waals surface area contributed by atoms with E-state index in [0.717, 1.165) is 56.6 Å². The third kappa shape index (κ3) is 6.36. The number of carbonyl (C=O) groups is 1. The Hall–Kier alpha value is -1.75. The third-order valence-corrected chi connectivity index (χ3v) is 6.21. The molecule has 0 aliphatic carbocycles. The first-order valence-electron chi connectivity index (χ1n) is 10.1. The molecule has 1 aliphatic heterocycles. The van der Waals surface area contributed by atoms with Gasteiger partial charge in [-0.25, -0.2) is 0 Å². The number of ether oxygens (including phenoxy) is 1. The number of amides is 1. The molecular formula is C23H28Cl2N2O2. The Morgan fingerprint density at radius 2 is 1.76 bits per heavy atom. The van der Waals surface area contributed by atoms with Crippen LogP contribution in [0.1, 0.15) is 30.4 Å². The summed E-state index contributed by atoms with van der Waals surface area (Å²) in [7, 11) is 1.67. The van der Waals surface area contributed by atoms with Crippen LogP contribution in [-0.2, 0) is 17.8 Å². The Morgan fingerprint density at radius 3 is 2.38 bits per heavy atom. The number of methoxy groups -OCH3 is 1. The van der Waals surface area contributed by atoms with Crippen molar-refractivity contribution >= 4 is 29.1 Å². The molecule has 6 heteroatoms. The molecule has 1 amide bonds. The summed E-state index contributed by atoms with van der Waals surface area (Å²) in [5.74, 6) is 1.13. The summed E-state index contributed by atoms with van der Waals surface area (Å²) in [6.07, 6.45) is 3.61. The van der Waals surface area contributed by atoms with Gasteiger partial charge in [-0.15, -0.1) is 0 Å². The van der Waals surface area contributed by atoms with Crippen molar-refractivity contribution in [2.75, 3.05) is 26.7 Å². The van der Waals surface area contributed by atoms with E-state index >= 15 is 0 Å². The molecule has 0 atom stereocenters. The Kier molecular flexibility index (Phi) is 8.22. The van der Waals surface area contributed by atoms with Crippen LogP contribution < -0.4 is 10.1 Å². The first-order valence-corrected chi connectivity index (χ1v) is 10.9. The molecule has 0 radical (unpaired) electrons. The molecule has 0 spiro atoms. The molecule has 0 bridgehead atoms. The Labute approximate surface area is 183 Å². The summed E-state index contributed by atoms with van der Waals surface area (Å²) in [6, 6.07) is 13.7. The fourth-order valence-electron chi connectivity index (χ4n) is 3.70. The van der Waals surface area contributed by atoms with E-state index in [0.29, 0.717) is 16.6 Å². The number of hydrogen-bond donors (Lipinski definition) is 1. The van der Waals surface area contributed by atoms with Crippen molar-refractivity contribution in [1.82, 2.24) is 10.2 Å². The van der Waals surface area contributed by atoms with Gasteiger partial charge in [-0.05, 0) is 68.6 Å². The van der Waals surface area contributed by atoms with Crippen LogP contribution in [-0.4, -0.2) is 37.6 Å². The normalized spacial score (nSPS) is 15.3. The molecule has 2 aromatic rings. The van der Waals surface area contributed by atoms with Gasteiger partial charge in [-0.3, -0.25) is 9.69 Å². The zero-order chi connectivity index (χ0) is 20.6. The summed E-state index contributed by atoms with van der Waals surface area (Å²) < 4.78 is 5.17. The number of nitrogens with one attached hydrogen (secondary N) is 1. The van der Waals surface area contributed by atoms with Crippen LogP contribution >= 0.6 is 23.2 Å². The average molecular weight is 435 g/mol. The van der Waals surface area contributed by atoms with Gasteiger partial charge in [0, 0.05) is 34.6 Å². The van der Waals surface area contributed by atoms with Gasteiger partial charge < -0.3 is 10.1 Å². The van der Waals surface area contributed by atoms with Crippen LogP contribution in [0.15, 0.2) is 42.5 Å². The standard InChI is InChI=1S/C23H28Cl2N2O2/c1-29-19-9-7-17(8-10-19)4-3-13-26-23(28)18-11-14-27(15-12-18)16-20-21(24)5-2-6-22(20)25/h2,5-10,18H,3-4,11-16H2,1H3,(H,26,28). The van der Waals surface area contributed by atoms with E-state index < -0.39 is 0 Å². The van der Waals surface area contributed by atoms with Crippen LogP contribution in [0.25, 0.3) is 0 Å². The van der Waals surface area contributed by atoms with Crippen molar-refractivity contribution in [1.29, 1.82) is 0 Å². The largest absolute Gasteiger partial charge is 0.497 e. The molecule has 0 saturated carbocycles. The molecule has 1 N–H and O–H groups in total. The van der Waals surface area contributed by atoms with Gasteiger partial charge in [0.2, 0.25) is 5.91 Å². The molecule has 3 rings (SSSR count). The van der Waals surface area contributed by atoms with Crippen molar-refractivity contribution in [2.45, 2.75) is 32.2 Å². The lowest BCUT2D eigenvalue weighted by molar-refractivity contribution is -0.126. The summed E-state index contributed by atoms with van der Waals surface area (Å²) in [6.45, 7) is 3.20. The zero-order valence-electron chi connectivity index (χ0n) is 16.8. The molecule has 2 aromatic carbocycles. The third-order valence-electron chi connectivity index (χ3n) is 5.50. The fourth-order valence-corrected chi connectivity index (χ4v) is 4.22. The maximum Gasteiger partial charge on any atom is 0.223 e. The number of hydrogen-bond acceptors (Lipinski definition) is 3. The summed E-state index contributed by atoms with van der Waals surface area (Å²) in [4.78, 5) is 14.8. The Balaban J connectivity index is 1.36. The Morgan fingerprint density at radius 1 is 1.10 bits per heavy atom. The van der Waals surface area contributed by atoms with Gasteiger partial charge in [0.1, 0.15) is 5.75 Å². The predicted octanol–water partition coefficient (Wildman–Crippen LogP) is 4.96. The molecule has 1 saturated heterocycles. The number of piperidine rings is 1. The second-order valence-corrected chi connectivity index (χ2v) is 8.31. The van der Waals surface area contributed by atoms with Crippen molar-refractivity contribution in [3.8, 4) is 5.75 Å². The van der Waals surface area contributed by atoms with Crippen LogP contribution in [0.4, 0.5) is 0 Å². The number of halogens is 2. The van der Waals surface area contributed by atoms with E-state index in [4.69, 9.17) is 27.9 Å². The molecule has 0 aromatic heterocycles. The second-order valence-electron chi connectivity index (χ2n) is 7.49. The van der Waals surface area contributed by atoms with E-state index in [1.807, 2.05) is 30.3 Å². The highest BCUT2D eigenvalue weighted by Gasteiger charge is 2.25. The van der Waals surface area contributed by atoms with Crippen LogP contribution in [0.2, 0.25) is 10.0 Å². The minimum atomic E-state index is 0.0916. The van der Waals surface area contributed by atoms with Crippen LogP contribution in [0.5, 0.6) is 5.75 Å². The van der Waals surface area contributed by atoms with Gasteiger partial charge >= 0.3 is 0 Å². The number of aryl methyl sites for hydroxylation is 1. The van der Waals surface area contributed by atoms with E-state index in [9.17, 15) is 4.79 Å². The van der Waals surface area contributed by atoms with Gasteiger partial charge in [-0.1, -0.05) is 41.4 Å². The predicted molar refractivity (Wildman–Crippen MR) is 119 cm³/mol. The minimum Gasteiger partial charge on any atom is -0.497 e. The molecule has 29 heavy (non-hydrogen) atoms. The lowest BCUT2D eigenvalue weighted by atomic mass is 9.95. The van der Waals surface area contributed by atoms with Gasteiger partial charge in [0.05, 0.1) is 7.11 Å². The van der Waals surface area contributed by atoms with Crippen LogP contribution in [0, 0.1) is 5.92 Å². The minimum absolute atomic E-state index is 0.0916. The fraction of sp³-hybridized carbons (Fsp3) is 0.435. The average Bonchev–Trinajstić information content (AvgIpc) is 2.74. The SMILES string of the molecule is COc1ccc(CCCNC(=O)C2CCN(Cc3c(Cl)cccc3Cl)CC2)cc1. The number of benzene rings is 2. The van der Waals surface area contributed by atoms with Crippen molar-refractivity contribution in [2.24, 2.45) is 5.92 Å². The highest BCUT2D eigenvalue weighted by molar-refractivity contribution is 6.35. The number of likely N-dealkylation sites (tertiary alicyclic amines) is 1. The topological polar surface area (TPSA) is 41.6 Å². The molecule has 156 valence electrons. The van der Waals surface area contributed by atoms with E-state index in [1.54, 1.807) is 7.11 Å². The Bertz CT molecular complexity index is 783. The smallest absolute Gasteiger partial charge is 0.223 e. The molecule has 1 aliphatic rings. The van der Waals surface area contributed by atoms with Crippen molar-refractivity contribution in [3.05, 3.63) is 63.6 Å². The van der Waals surface area contributed by atoms with E-state index in [-0.39, 0.29) is 11.8 Å². The highest BCUT2D eigenvalue weighted by Crippen LogP contribution is 2.27.